The van der Waals surface area contributed by atoms with E-state index in [1.807, 2.05) is 0 Å². The zero-order chi connectivity index (χ0) is 8.15. The van der Waals surface area contributed by atoms with Crippen molar-refractivity contribution in [3.8, 4) is 0 Å². The highest BCUT2D eigenvalue weighted by molar-refractivity contribution is 5.87. The van der Waals surface area contributed by atoms with Crippen molar-refractivity contribution >= 4 is 5.97 Å². The summed E-state index contributed by atoms with van der Waals surface area (Å²) in [6.07, 6.45) is 0. The van der Waals surface area contributed by atoms with Crippen LogP contribution in [-0.2, 0) is 9.68 Å². The highest BCUT2D eigenvalue weighted by atomic mass is 17.1. The first-order valence-corrected chi connectivity index (χ1v) is 2.42. The van der Waals surface area contributed by atoms with E-state index in [0.29, 0.717) is 0 Å². The number of carbonyl (C=O) groups excluding carboxylic acids is 1. The molecular weight excluding hydrogens is 138 g/mol. The van der Waals surface area contributed by atoms with Gasteiger partial charge in [0.15, 0.2) is 5.70 Å². The number of hydrogen-bond donors (Lipinski definition) is 4. The van der Waals surface area contributed by atoms with E-state index in [1.165, 1.54) is 7.05 Å². The van der Waals surface area contributed by atoms with Crippen LogP contribution in [-0.4, -0.2) is 18.3 Å². The second-order valence-corrected chi connectivity index (χ2v) is 1.46. The summed E-state index contributed by atoms with van der Waals surface area (Å²) in [5, 5.41) is 10.2. The molecule has 0 saturated heterocycles. The summed E-state index contributed by atoms with van der Waals surface area (Å²) in [7, 11) is 1.48. The Bertz CT molecular complexity index is 165. The van der Waals surface area contributed by atoms with Crippen molar-refractivity contribution in [2.45, 2.75) is 0 Å². The summed E-state index contributed by atoms with van der Waals surface area (Å²) in [6.45, 7) is 0. The molecule has 0 saturated carbocycles. The van der Waals surface area contributed by atoms with E-state index in [1.54, 1.807) is 0 Å². The van der Waals surface area contributed by atoms with Gasteiger partial charge in [0.05, 0.1) is 0 Å². The molecule has 0 rings (SSSR count). The van der Waals surface area contributed by atoms with Crippen LogP contribution in [0, 0.1) is 0 Å². The maximum atomic E-state index is 10.3. The Morgan fingerprint density at radius 3 is 2.40 bits per heavy atom. The van der Waals surface area contributed by atoms with E-state index in [9.17, 15) is 4.79 Å². The molecule has 0 aromatic heterocycles. The van der Waals surface area contributed by atoms with Crippen LogP contribution >= 0.6 is 0 Å². The van der Waals surface area contributed by atoms with Gasteiger partial charge in [-0.3, -0.25) is 4.89 Å². The Kier molecular flexibility index (Phi) is 3.06. The molecule has 0 aliphatic carbocycles. The third-order valence-electron chi connectivity index (χ3n) is 0.862. The van der Waals surface area contributed by atoms with Crippen molar-refractivity contribution in [1.29, 1.82) is 0 Å². The number of hydrogen-bond acceptors (Lipinski definition) is 6. The Balaban J connectivity index is 4.30. The fourth-order valence-corrected chi connectivity index (χ4v) is 0.294. The van der Waals surface area contributed by atoms with Gasteiger partial charge in [-0.05, 0) is 0 Å². The van der Waals surface area contributed by atoms with Gasteiger partial charge in [0.25, 0.3) is 0 Å². The van der Waals surface area contributed by atoms with Crippen molar-refractivity contribution in [2.24, 2.45) is 11.5 Å². The van der Waals surface area contributed by atoms with Crippen molar-refractivity contribution in [3.63, 3.8) is 0 Å². The lowest BCUT2D eigenvalue weighted by Gasteiger charge is -2.01. The molecule has 0 aliphatic heterocycles. The molecular formula is C4H9N3O3. The molecule has 10 heavy (non-hydrogen) atoms. The second kappa shape index (κ2) is 3.57. The van der Waals surface area contributed by atoms with Crippen molar-refractivity contribution in [3.05, 3.63) is 11.5 Å². The van der Waals surface area contributed by atoms with Gasteiger partial charge in [-0.15, -0.1) is 0 Å². The molecule has 0 atom stereocenters. The van der Waals surface area contributed by atoms with Crippen LogP contribution in [0.5, 0.6) is 0 Å². The first kappa shape index (κ1) is 8.57. The van der Waals surface area contributed by atoms with Crippen LogP contribution in [0.1, 0.15) is 0 Å². The minimum atomic E-state index is -1.08. The van der Waals surface area contributed by atoms with Gasteiger partial charge in [0.1, 0.15) is 5.82 Å². The van der Waals surface area contributed by atoms with E-state index in [2.05, 4.69) is 10.2 Å². The zero-order valence-electron chi connectivity index (χ0n) is 5.42. The summed E-state index contributed by atoms with van der Waals surface area (Å²) in [5.74, 6) is -1.12. The largest absolute Gasteiger partial charge is 0.391 e. The van der Waals surface area contributed by atoms with Crippen LogP contribution in [0.15, 0.2) is 11.5 Å². The minimum Gasteiger partial charge on any atom is -0.390 e. The highest BCUT2D eigenvalue weighted by Crippen LogP contribution is 1.88. The smallest absolute Gasteiger partial charge is 0.390 e. The lowest BCUT2D eigenvalue weighted by Crippen LogP contribution is -2.26. The standard InChI is InChI=1S/C4H9N3O3/c1-7-3(6)2(5)4(8)10-9/h7,9H,5-6H2,1H3/b3-2-. The van der Waals surface area contributed by atoms with Crippen LogP contribution in [0.4, 0.5) is 0 Å². The fourth-order valence-electron chi connectivity index (χ4n) is 0.294. The Labute approximate surface area is 57.4 Å². The maximum Gasteiger partial charge on any atom is 0.391 e. The minimum absolute atomic E-state index is 0.0425. The molecule has 0 aromatic rings. The summed E-state index contributed by atoms with van der Waals surface area (Å²) in [4.78, 5) is 13.6. The van der Waals surface area contributed by atoms with Gasteiger partial charge < -0.3 is 16.8 Å². The molecule has 6 nitrogen and oxygen atoms in total. The van der Waals surface area contributed by atoms with Gasteiger partial charge in [-0.2, -0.15) is 5.26 Å². The Morgan fingerprint density at radius 1 is 1.60 bits per heavy atom. The average molecular weight is 147 g/mol. The predicted octanol–water partition coefficient (Wildman–Crippen LogP) is -1.69. The van der Waals surface area contributed by atoms with Gasteiger partial charge in [-0.1, -0.05) is 0 Å². The molecule has 6 N–H and O–H groups in total. The molecule has 6 heteroatoms. The molecule has 0 unspecified atom stereocenters. The molecule has 58 valence electrons. The Hall–Kier alpha value is -1.43. The quantitative estimate of drug-likeness (QED) is 0.211. The first-order chi connectivity index (χ1) is 4.63. The number of nitrogens with two attached hydrogens (primary N) is 2. The molecule has 0 bridgehead atoms. The molecule has 0 radical (unpaired) electrons. The number of carbonyl (C=O) groups is 1. The van der Waals surface area contributed by atoms with E-state index < -0.39 is 5.97 Å². The lowest BCUT2D eigenvalue weighted by atomic mass is 10.4. The molecule has 0 heterocycles. The molecule has 0 aliphatic rings. The normalized spacial score (nSPS) is 11.8. The third kappa shape index (κ3) is 1.82. The monoisotopic (exact) mass is 147 g/mol. The Morgan fingerprint density at radius 2 is 2.10 bits per heavy atom. The number of nitrogens with one attached hydrogen (secondary N) is 1. The molecule has 0 amide bonds. The highest BCUT2D eigenvalue weighted by Gasteiger charge is 2.09. The first-order valence-electron chi connectivity index (χ1n) is 2.42. The third-order valence-corrected chi connectivity index (χ3v) is 0.862. The zero-order valence-corrected chi connectivity index (χ0v) is 5.42. The van der Waals surface area contributed by atoms with Crippen LogP contribution in [0.3, 0.4) is 0 Å². The summed E-state index contributed by atoms with van der Waals surface area (Å²) >= 11 is 0. The van der Waals surface area contributed by atoms with E-state index in [4.69, 9.17) is 16.7 Å². The SMILES string of the molecule is CN/C(N)=C(\N)C(=O)OO. The maximum absolute atomic E-state index is 10.3. The fraction of sp³-hybridized carbons (Fsp3) is 0.250. The molecule has 0 aromatic carbocycles. The van der Waals surface area contributed by atoms with E-state index >= 15 is 0 Å². The van der Waals surface area contributed by atoms with E-state index in [0.717, 1.165) is 0 Å². The van der Waals surface area contributed by atoms with Crippen LogP contribution < -0.4 is 16.8 Å². The lowest BCUT2D eigenvalue weighted by molar-refractivity contribution is -0.229. The average Bonchev–Trinajstić information content (AvgIpc) is 2.00. The summed E-state index contributed by atoms with van der Waals surface area (Å²) in [5.41, 5.74) is 9.81. The predicted molar refractivity (Wildman–Crippen MR) is 33.2 cm³/mol. The van der Waals surface area contributed by atoms with Crippen LogP contribution in [0.25, 0.3) is 0 Å². The second-order valence-electron chi connectivity index (χ2n) is 1.46. The molecule has 0 spiro atoms. The van der Waals surface area contributed by atoms with Crippen molar-refractivity contribution in [1.82, 2.24) is 5.32 Å². The van der Waals surface area contributed by atoms with Gasteiger partial charge in [0.2, 0.25) is 0 Å². The summed E-state index contributed by atoms with van der Waals surface area (Å²) in [6, 6.07) is 0. The van der Waals surface area contributed by atoms with Gasteiger partial charge in [0, 0.05) is 7.05 Å². The number of rotatable bonds is 2. The molecule has 0 fully saturated rings. The van der Waals surface area contributed by atoms with Gasteiger partial charge in [-0.25, -0.2) is 4.79 Å². The van der Waals surface area contributed by atoms with E-state index in [-0.39, 0.29) is 11.5 Å². The summed E-state index contributed by atoms with van der Waals surface area (Å²) < 4.78 is 0. The topological polar surface area (TPSA) is 111 Å². The van der Waals surface area contributed by atoms with Crippen LogP contribution in [0.2, 0.25) is 0 Å². The van der Waals surface area contributed by atoms with Crippen molar-refractivity contribution < 1.29 is 14.9 Å². The van der Waals surface area contributed by atoms with Gasteiger partial charge >= 0.3 is 5.97 Å². The van der Waals surface area contributed by atoms with Crippen molar-refractivity contribution in [2.75, 3.05) is 7.05 Å².